The van der Waals surface area contributed by atoms with Crippen molar-refractivity contribution < 1.29 is 13.6 Å². The molecule has 0 radical (unpaired) electrons. The SMILES string of the molecule is Cc1ccc(C2c3c(c4ccccc4oc3=O)Oc3c2c(=O)oc2ccccc32)cc1. The number of benzene rings is 3. The lowest BCUT2D eigenvalue weighted by atomic mass is 9.83. The van der Waals surface area contributed by atoms with E-state index in [1.165, 1.54) is 0 Å². The maximum Gasteiger partial charge on any atom is 0.344 e. The first-order chi connectivity index (χ1) is 15.1. The molecule has 31 heavy (non-hydrogen) atoms. The standard InChI is InChI=1S/C26H16O5/c1-14-10-12-15(13-11-14)20-21-23(16-6-2-4-8-18(16)29-25(21)27)31-24-17-7-3-5-9-19(17)30-26(28)22(20)24/h2-13,20H,1H3. The van der Waals surface area contributed by atoms with Gasteiger partial charge in [-0.2, -0.15) is 0 Å². The normalized spacial score (nSPS) is 13.1. The van der Waals surface area contributed by atoms with Crippen molar-refractivity contribution in [3.8, 4) is 11.5 Å². The summed E-state index contributed by atoms with van der Waals surface area (Å²) in [6.07, 6.45) is 0. The smallest absolute Gasteiger partial charge is 0.344 e. The molecule has 6 rings (SSSR count). The molecule has 0 bridgehead atoms. The van der Waals surface area contributed by atoms with E-state index in [0.717, 1.165) is 11.1 Å². The quantitative estimate of drug-likeness (QED) is 0.336. The van der Waals surface area contributed by atoms with E-state index in [0.29, 0.717) is 44.6 Å². The van der Waals surface area contributed by atoms with Gasteiger partial charge in [0.25, 0.3) is 0 Å². The largest absolute Gasteiger partial charge is 0.455 e. The second-order valence-corrected chi connectivity index (χ2v) is 7.70. The number of hydrogen-bond donors (Lipinski definition) is 0. The zero-order valence-electron chi connectivity index (χ0n) is 16.5. The zero-order chi connectivity index (χ0) is 21.1. The molecule has 0 unspecified atom stereocenters. The Morgan fingerprint density at radius 2 is 1.13 bits per heavy atom. The highest BCUT2D eigenvalue weighted by molar-refractivity contribution is 5.90. The Labute approximate surface area is 176 Å². The van der Waals surface area contributed by atoms with Gasteiger partial charge in [0, 0.05) is 0 Å². The summed E-state index contributed by atoms with van der Waals surface area (Å²) in [5, 5.41) is 1.36. The molecule has 5 heteroatoms. The fraction of sp³-hybridized carbons (Fsp3) is 0.0769. The Kier molecular flexibility index (Phi) is 3.68. The Balaban J connectivity index is 1.79. The van der Waals surface area contributed by atoms with Gasteiger partial charge in [0.2, 0.25) is 0 Å². The van der Waals surface area contributed by atoms with E-state index in [1.54, 1.807) is 24.3 Å². The molecule has 3 heterocycles. The molecule has 0 N–H and O–H groups in total. The summed E-state index contributed by atoms with van der Waals surface area (Å²) >= 11 is 0. The fourth-order valence-electron chi connectivity index (χ4n) is 4.33. The van der Waals surface area contributed by atoms with Crippen molar-refractivity contribution in [2.24, 2.45) is 0 Å². The molecule has 0 fully saturated rings. The van der Waals surface area contributed by atoms with Crippen LogP contribution >= 0.6 is 0 Å². The van der Waals surface area contributed by atoms with E-state index in [-0.39, 0.29) is 0 Å². The lowest BCUT2D eigenvalue weighted by molar-refractivity contribution is 0.429. The topological polar surface area (TPSA) is 69.7 Å². The highest BCUT2D eigenvalue weighted by Gasteiger charge is 2.37. The lowest BCUT2D eigenvalue weighted by Crippen LogP contribution is -2.26. The average Bonchev–Trinajstić information content (AvgIpc) is 2.79. The fourth-order valence-corrected chi connectivity index (χ4v) is 4.33. The minimum Gasteiger partial charge on any atom is -0.455 e. The van der Waals surface area contributed by atoms with Gasteiger partial charge in [0.1, 0.15) is 22.7 Å². The molecule has 0 saturated heterocycles. The van der Waals surface area contributed by atoms with Crippen LogP contribution in [0.25, 0.3) is 21.9 Å². The van der Waals surface area contributed by atoms with Crippen LogP contribution in [-0.4, -0.2) is 0 Å². The molecule has 0 amide bonds. The molecule has 1 aliphatic heterocycles. The van der Waals surface area contributed by atoms with E-state index in [4.69, 9.17) is 13.6 Å². The van der Waals surface area contributed by atoms with Crippen LogP contribution in [0.4, 0.5) is 0 Å². The summed E-state index contributed by atoms with van der Waals surface area (Å²) in [6.45, 7) is 1.99. The summed E-state index contributed by atoms with van der Waals surface area (Å²) in [4.78, 5) is 26.3. The minimum absolute atomic E-state index is 0.303. The molecule has 1 aliphatic rings. The zero-order valence-corrected chi connectivity index (χ0v) is 16.5. The van der Waals surface area contributed by atoms with Crippen molar-refractivity contribution >= 4 is 21.9 Å². The molecule has 5 nitrogen and oxygen atoms in total. The number of para-hydroxylation sites is 2. The van der Waals surface area contributed by atoms with Gasteiger partial charge in [-0.05, 0) is 36.8 Å². The second-order valence-electron chi connectivity index (χ2n) is 7.70. The minimum atomic E-state index is -0.666. The highest BCUT2D eigenvalue weighted by Crippen LogP contribution is 2.49. The molecule has 0 saturated carbocycles. The van der Waals surface area contributed by atoms with Crippen molar-refractivity contribution in [2.45, 2.75) is 12.8 Å². The number of hydrogen-bond acceptors (Lipinski definition) is 5. The summed E-state index contributed by atoms with van der Waals surface area (Å²) in [5.74, 6) is 0.169. The van der Waals surface area contributed by atoms with Gasteiger partial charge in [0.05, 0.1) is 27.8 Å². The monoisotopic (exact) mass is 408 g/mol. The van der Waals surface area contributed by atoms with Gasteiger partial charge < -0.3 is 13.6 Å². The molecule has 0 atom stereocenters. The summed E-state index contributed by atoms with van der Waals surface area (Å²) in [7, 11) is 0. The molecular formula is C26H16O5. The Hall–Kier alpha value is -4.12. The summed E-state index contributed by atoms with van der Waals surface area (Å²) in [6, 6.07) is 22.2. The molecule has 150 valence electrons. The predicted octanol–water partition coefficient (Wildman–Crippen LogP) is 5.49. The molecule has 2 aromatic heterocycles. The van der Waals surface area contributed by atoms with Crippen molar-refractivity contribution in [3.63, 3.8) is 0 Å². The van der Waals surface area contributed by atoms with Gasteiger partial charge >= 0.3 is 11.3 Å². The summed E-state index contributed by atoms with van der Waals surface area (Å²) in [5.41, 5.74) is 2.29. The first-order valence-electron chi connectivity index (χ1n) is 9.98. The molecule has 3 aromatic carbocycles. The first kappa shape index (κ1) is 17.7. The summed E-state index contributed by atoms with van der Waals surface area (Å²) < 4.78 is 17.5. The van der Waals surface area contributed by atoms with Crippen LogP contribution in [0, 0.1) is 6.92 Å². The van der Waals surface area contributed by atoms with Crippen molar-refractivity contribution in [1.82, 2.24) is 0 Å². The number of rotatable bonds is 1. The van der Waals surface area contributed by atoms with Crippen LogP contribution in [0.1, 0.15) is 28.2 Å². The maximum atomic E-state index is 13.1. The van der Waals surface area contributed by atoms with Crippen molar-refractivity contribution in [1.29, 1.82) is 0 Å². The highest BCUT2D eigenvalue weighted by atomic mass is 16.5. The maximum absolute atomic E-state index is 13.1. The Morgan fingerprint density at radius 1 is 0.645 bits per heavy atom. The van der Waals surface area contributed by atoms with E-state index < -0.39 is 17.2 Å². The van der Waals surface area contributed by atoms with E-state index in [1.807, 2.05) is 55.5 Å². The van der Waals surface area contributed by atoms with Crippen LogP contribution in [0.3, 0.4) is 0 Å². The van der Waals surface area contributed by atoms with Gasteiger partial charge in [0.15, 0.2) is 0 Å². The lowest BCUT2D eigenvalue weighted by Gasteiger charge is -2.27. The Morgan fingerprint density at radius 3 is 1.65 bits per heavy atom. The number of fused-ring (bicyclic) bond motifs is 6. The van der Waals surface area contributed by atoms with Crippen molar-refractivity contribution in [3.05, 3.63) is 116 Å². The molecule has 0 aliphatic carbocycles. The van der Waals surface area contributed by atoms with Crippen molar-refractivity contribution in [2.75, 3.05) is 0 Å². The Bertz CT molecular complexity index is 1510. The van der Waals surface area contributed by atoms with Gasteiger partial charge in [-0.3, -0.25) is 0 Å². The third-order valence-corrected chi connectivity index (χ3v) is 5.79. The first-order valence-corrected chi connectivity index (χ1v) is 9.98. The van der Waals surface area contributed by atoms with E-state index in [2.05, 4.69) is 0 Å². The van der Waals surface area contributed by atoms with Gasteiger partial charge in [-0.25, -0.2) is 9.59 Å². The molecule has 0 spiro atoms. The van der Waals surface area contributed by atoms with Crippen LogP contribution in [-0.2, 0) is 0 Å². The van der Waals surface area contributed by atoms with Gasteiger partial charge in [-0.1, -0.05) is 54.1 Å². The van der Waals surface area contributed by atoms with E-state index in [9.17, 15) is 9.59 Å². The van der Waals surface area contributed by atoms with Crippen LogP contribution < -0.4 is 16.0 Å². The number of aryl methyl sites for hydroxylation is 1. The van der Waals surface area contributed by atoms with Crippen LogP contribution in [0.2, 0.25) is 0 Å². The second kappa shape index (κ2) is 6.44. The van der Waals surface area contributed by atoms with E-state index >= 15 is 0 Å². The molecular weight excluding hydrogens is 392 g/mol. The van der Waals surface area contributed by atoms with Gasteiger partial charge in [-0.15, -0.1) is 0 Å². The van der Waals surface area contributed by atoms with Crippen LogP contribution in [0.15, 0.2) is 91.2 Å². The molecule has 5 aromatic rings. The number of ether oxygens (including phenoxy) is 1. The third-order valence-electron chi connectivity index (χ3n) is 5.79. The predicted molar refractivity (Wildman–Crippen MR) is 117 cm³/mol. The van der Waals surface area contributed by atoms with Crippen LogP contribution in [0.5, 0.6) is 11.5 Å². The third kappa shape index (κ3) is 2.56. The average molecular weight is 408 g/mol.